The molecule has 130 valence electrons. The van der Waals surface area contributed by atoms with Crippen LogP contribution >= 0.6 is 0 Å². The van der Waals surface area contributed by atoms with Gasteiger partial charge in [0.15, 0.2) is 0 Å². The van der Waals surface area contributed by atoms with Crippen LogP contribution in [0.5, 0.6) is 5.75 Å². The largest absolute Gasteiger partial charge is 0.497 e. The second-order valence-electron chi connectivity index (χ2n) is 6.77. The first kappa shape index (κ1) is 15.7. The Labute approximate surface area is 141 Å². The van der Waals surface area contributed by atoms with Crippen LogP contribution in [0.15, 0.2) is 23.1 Å². The van der Waals surface area contributed by atoms with Gasteiger partial charge in [-0.3, -0.25) is 4.79 Å². The van der Waals surface area contributed by atoms with Crippen LogP contribution in [0.3, 0.4) is 0 Å². The van der Waals surface area contributed by atoms with Crippen molar-refractivity contribution in [3.8, 4) is 5.75 Å². The molecule has 0 radical (unpaired) electrons. The number of nitrogens with zero attached hydrogens (tertiary/aromatic N) is 1. The molecule has 2 fully saturated rings. The normalized spacial score (nSPS) is 24.1. The average Bonchev–Trinajstić information content (AvgIpc) is 3.38. The molecule has 24 heavy (non-hydrogen) atoms. The van der Waals surface area contributed by atoms with Gasteiger partial charge in [0, 0.05) is 37.9 Å². The molecule has 3 aliphatic rings. The zero-order valence-corrected chi connectivity index (χ0v) is 14.4. The van der Waals surface area contributed by atoms with Gasteiger partial charge in [0.1, 0.15) is 16.3 Å². The van der Waals surface area contributed by atoms with E-state index in [1.165, 1.54) is 0 Å². The second-order valence-corrected chi connectivity index (χ2v) is 8.43. The lowest BCUT2D eigenvalue weighted by Gasteiger charge is -2.45. The van der Waals surface area contributed by atoms with Gasteiger partial charge >= 0.3 is 0 Å². The molecule has 1 spiro atoms. The van der Waals surface area contributed by atoms with E-state index in [1.807, 2.05) is 4.90 Å². The molecule has 1 aromatic carbocycles. The lowest BCUT2D eigenvalue weighted by molar-refractivity contribution is -0.134. The number of carbonyl (C=O) groups excluding carboxylic acids is 1. The fourth-order valence-corrected chi connectivity index (χ4v) is 5.01. The smallest absolute Gasteiger partial charge is 0.244 e. The Bertz CT molecular complexity index is 781. The van der Waals surface area contributed by atoms with Crippen LogP contribution in [0, 0.1) is 5.92 Å². The number of fused-ring (bicyclic) bond motifs is 1. The lowest BCUT2D eigenvalue weighted by Crippen LogP contribution is -2.62. The predicted octanol–water partition coefficient (Wildman–Crippen LogP) is 1.13. The molecule has 0 bridgehead atoms. The van der Waals surface area contributed by atoms with Gasteiger partial charge in [-0.2, -0.15) is 4.72 Å². The molecule has 2 N–H and O–H groups in total. The SMILES string of the molecule is COc1ccc2c(c1)NC1(CCN(C(=O)C3CC3)CC1)NS2(=O)=O. The Morgan fingerprint density at radius 3 is 2.62 bits per heavy atom. The first-order valence-electron chi connectivity index (χ1n) is 8.21. The number of hydrogen-bond acceptors (Lipinski definition) is 5. The molecule has 8 heteroatoms. The van der Waals surface area contributed by atoms with Gasteiger partial charge in [0.25, 0.3) is 0 Å². The number of nitrogens with one attached hydrogen (secondary N) is 2. The van der Waals surface area contributed by atoms with Gasteiger partial charge in [-0.05, 0) is 25.0 Å². The minimum atomic E-state index is -3.59. The Hall–Kier alpha value is -1.80. The summed E-state index contributed by atoms with van der Waals surface area (Å²) in [5.74, 6) is 1.01. The molecule has 0 atom stereocenters. The molecule has 2 heterocycles. The summed E-state index contributed by atoms with van der Waals surface area (Å²) in [6, 6.07) is 4.88. The zero-order chi connectivity index (χ0) is 16.9. The molecular formula is C16H21N3O4S. The van der Waals surface area contributed by atoms with Gasteiger partial charge < -0.3 is 15.0 Å². The van der Waals surface area contributed by atoms with Crippen molar-refractivity contribution in [3.63, 3.8) is 0 Å². The first-order chi connectivity index (χ1) is 11.4. The highest BCUT2D eigenvalue weighted by atomic mass is 32.2. The Kier molecular flexibility index (Phi) is 3.50. The number of likely N-dealkylation sites (tertiary alicyclic amines) is 1. The Balaban J connectivity index is 1.58. The molecule has 0 unspecified atom stereocenters. The number of rotatable bonds is 2. The summed E-state index contributed by atoms with van der Waals surface area (Å²) < 4.78 is 33.2. The number of amides is 1. The topological polar surface area (TPSA) is 87.7 Å². The van der Waals surface area contributed by atoms with Gasteiger partial charge in [0.05, 0.1) is 12.8 Å². The summed E-state index contributed by atoms with van der Waals surface area (Å²) in [7, 11) is -2.04. The number of methoxy groups -OCH3 is 1. The van der Waals surface area contributed by atoms with Crippen LogP contribution in [0.25, 0.3) is 0 Å². The molecule has 1 amide bonds. The van der Waals surface area contributed by atoms with E-state index in [0.29, 0.717) is 37.4 Å². The Morgan fingerprint density at radius 1 is 1.29 bits per heavy atom. The molecule has 1 saturated carbocycles. The van der Waals surface area contributed by atoms with Gasteiger partial charge in [0.2, 0.25) is 15.9 Å². The van der Waals surface area contributed by atoms with Gasteiger partial charge in [-0.25, -0.2) is 8.42 Å². The Morgan fingerprint density at radius 2 is 2.00 bits per heavy atom. The summed E-state index contributed by atoms with van der Waals surface area (Å²) in [6.07, 6.45) is 3.06. The molecule has 1 aliphatic carbocycles. The average molecular weight is 351 g/mol. The van der Waals surface area contributed by atoms with Crippen molar-refractivity contribution in [3.05, 3.63) is 18.2 Å². The number of hydrogen-bond donors (Lipinski definition) is 2. The summed E-state index contributed by atoms with van der Waals surface area (Å²) in [6.45, 7) is 1.12. The van der Waals surface area contributed by atoms with E-state index < -0.39 is 15.7 Å². The maximum Gasteiger partial charge on any atom is 0.244 e. The molecule has 4 rings (SSSR count). The molecule has 0 aromatic heterocycles. The van der Waals surface area contributed by atoms with Crippen molar-refractivity contribution in [2.75, 3.05) is 25.5 Å². The highest BCUT2D eigenvalue weighted by Crippen LogP contribution is 2.38. The van der Waals surface area contributed by atoms with Gasteiger partial charge in [-0.1, -0.05) is 0 Å². The van der Waals surface area contributed by atoms with Crippen molar-refractivity contribution >= 4 is 21.6 Å². The van der Waals surface area contributed by atoms with Crippen molar-refractivity contribution < 1.29 is 17.9 Å². The van der Waals surface area contributed by atoms with Crippen molar-refractivity contribution in [2.45, 2.75) is 36.2 Å². The molecular weight excluding hydrogens is 330 g/mol. The summed E-state index contributed by atoms with van der Waals surface area (Å²) in [5.41, 5.74) is -0.187. The molecule has 1 aromatic rings. The van der Waals surface area contributed by atoms with E-state index in [9.17, 15) is 13.2 Å². The van der Waals surface area contributed by atoms with E-state index in [2.05, 4.69) is 10.0 Å². The molecule has 2 aliphatic heterocycles. The van der Waals surface area contributed by atoms with E-state index in [4.69, 9.17) is 4.74 Å². The fraction of sp³-hybridized carbons (Fsp3) is 0.562. The van der Waals surface area contributed by atoms with E-state index in [1.54, 1.807) is 25.3 Å². The van der Waals surface area contributed by atoms with Crippen molar-refractivity contribution in [1.82, 2.24) is 9.62 Å². The summed E-state index contributed by atoms with van der Waals surface area (Å²) in [5, 5.41) is 3.34. The third kappa shape index (κ3) is 2.63. The third-order valence-corrected chi connectivity index (χ3v) is 6.63. The van der Waals surface area contributed by atoms with Crippen molar-refractivity contribution in [1.29, 1.82) is 0 Å². The van der Waals surface area contributed by atoms with Crippen LogP contribution in [0.2, 0.25) is 0 Å². The third-order valence-electron chi connectivity index (χ3n) is 5.04. The van der Waals surface area contributed by atoms with Crippen LogP contribution in [0.4, 0.5) is 5.69 Å². The number of ether oxygens (including phenoxy) is 1. The van der Waals surface area contributed by atoms with Crippen molar-refractivity contribution in [2.24, 2.45) is 5.92 Å². The van der Waals surface area contributed by atoms with Crippen LogP contribution in [-0.4, -0.2) is 45.1 Å². The zero-order valence-electron chi connectivity index (χ0n) is 13.5. The van der Waals surface area contributed by atoms with Crippen LogP contribution in [-0.2, 0) is 14.8 Å². The number of anilines is 1. The maximum atomic E-state index is 12.6. The summed E-state index contributed by atoms with van der Waals surface area (Å²) in [4.78, 5) is 14.3. The first-order valence-corrected chi connectivity index (χ1v) is 9.70. The second kappa shape index (κ2) is 5.35. The predicted molar refractivity (Wildman–Crippen MR) is 88.2 cm³/mol. The van der Waals surface area contributed by atoms with E-state index >= 15 is 0 Å². The monoisotopic (exact) mass is 351 g/mol. The minimum absolute atomic E-state index is 0.194. The fourth-order valence-electron chi connectivity index (χ4n) is 3.49. The highest BCUT2D eigenvalue weighted by molar-refractivity contribution is 7.89. The van der Waals surface area contributed by atoms with Gasteiger partial charge in [-0.15, -0.1) is 0 Å². The quantitative estimate of drug-likeness (QED) is 0.834. The molecule has 7 nitrogen and oxygen atoms in total. The van der Waals surface area contributed by atoms with E-state index in [0.717, 1.165) is 12.8 Å². The standard InChI is InChI=1S/C16H21N3O4S/c1-23-12-4-5-14-13(10-12)17-16(18-24(14,21)22)6-8-19(9-7-16)15(20)11-2-3-11/h4-5,10-11,17-18H,2-3,6-9H2,1H3. The number of benzene rings is 1. The van der Waals surface area contributed by atoms with Crippen LogP contribution < -0.4 is 14.8 Å². The number of piperidine rings is 1. The summed E-state index contributed by atoms with van der Waals surface area (Å²) >= 11 is 0. The number of sulfonamides is 1. The highest BCUT2D eigenvalue weighted by Gasteiger charge is 2.45. The number of carbonyl (C=O) groups is 1. The minimum Gasteiger partial charge on any atom is -0.497 e. The van der Waals surface area contributed by atoms with Crippen LogP contribution in [0.1, 0.15) is 25.7 Å². The lowest BCUT2D eigenvalue weighted by atomic mass is 9.96. The molecule has 1 saturated heterocycles. The maximum absolute atomic E-state index is 12.6. The van der Waals surface area contributed by atoms with E-state index in [-0.39, 0.29) is 16.7 Å².